The smallest absolute Gasteiger partial charge is 0.167 e. The van der Waals surface area contributed by atoms with Gasteiger partial charge in [-0.1, -0.05) is 48.5 Å². The van der Waals surface area contributed by atoms with Crippen LogP contribution < -0.4 is 4.74 Å². The van der Waals surface area contributed by atoms with Crippen LogP contribution in [0.2, 0.25) is 0 Å². The molecule has 1 fully saturated rings. The molecule has 1 saturated heterocycles. The maximum absolute atomic E-state index is 12.4. The Labute approximate surface area is 194 Å². The number of aromatic nitrogens is 1. The summed E-state index contributed by atoms with van der Waals surface area (Å²) in [5.74, 6) is 0.618. The zero-order chi connectivity index (χ0) is 22.9. The number of ether oxygens (including phenoxy) is 2. The van der Waals surface area contributed by atoms with Crippen LogP contribution in [0.4, 0.5) is 0 Å². The van der Waals surface area contributed by atoms with Crippen molar-refractivity contribution in [1.82, 2.24) is 9.88 Å². The topological polar surface area (TPSA) is 71.9 Å². The molecule has 6 heteroatoms. The summed E-state index contributed by atoms with van der Waals surface area (Å²) >= 11 is 0. The summed E-state index contributed by atoms with van der Waals surface area (Å²) in [6.45, 7) is 5.06. The molecule has 33 heavy (non-hydrogen) atoms. The lowest BCUT2D eigenvalue weighted by atomic mass is 10.0. The summed E-state index contributed by atoms with van der Waals surface area (Å²) in [6, 6.07) is 21.3. The van der Waals surface area contributed by atoms with Gasteiger partial charge in [-0.3, -0.25) is 14.7 Å². The normalized spacial score (nSPS) is 15.2. The van der Waals surface area contributed by atoms with Crippen molar-refractivity contribution < 1.29 is 19.4 Å². The van der Waals surface area contributed by atoms with Crippen LogP contribution in [0.15, 0.2) is 72.9 Å². The number of rotatable bonds is 10. The molecular formula is C27H30N2O4. The largest absolute Gasteiger partial charge is 0.492 e. The molecule has 3 aromatic rings. The van der Waals surface area contributed by atoms with Gasteiger partial charge in [-0.15, -0.1) is 0 Å². The predicted octanol–water partition coefficient (Wildman–Crippen LogP) is 3.17. The lowest BCUT2D eigenvalue weighted by Crippen LogP contribution is -2.38. The second kappa shape index (κ2) is 11.7. The van der Waals surface area contributed by atoms with Crippen molar-refractivity contribution >= 4 is 5.78 Å². The average Bonchev–Trinajstić information content (AvgIpc) is 2.86. The Morgan fingerprint density at radius 3 is 2.42 bits per heavy atom. The summed E-state index contributed by atoms with van der Waals surface area (Å²) in [5.41, 5.74) is 3.59. The molecule has 0 saturated carbocycles. The number of hydrogen-bond acceptors (Lipinski definition) is 6. The minimum absolute atomic E-state index is 0.115. The van der Waals surface area contributed by atoms with E-state index in [0.717, 1.165) is 55.3 Å². The molecule has 0 bridgehead atoms. The molecule has 0 aliphatic carbocycles. The van der Waals surface area contributed by atoms with Gasteiger partial charge in [0.1, 0.15) is 18.5 Å². The van der Waals surface area contributed by atoms with E-state index in [1.807, 2.05) is 66.7 Å². The highest BCUT2D eigenvalue weighted by molar-refractivity contribution is 5.85. The van der Waals surface area contributed by atoms with E-state index >= 15 is 0 Å². The highest BCUT2D eigenvalue weighted by atomic mass is 16.5. The molecule has 172 valence electrons. The second-order valence-electron chi connectivity index (χ2n) is 8.21. The maximum Gasteiger partial charge on any atom is 0.167 e. The summed E-state index contributed by atoms with van der Waals surface area (Å²) in [4.78, 5) is 19.2. The first-order valence-electron chi connectivity index (χ1n) is 11.4. The van der Waals surface area contributed by atoms with Gasteiger partial charge in [0.05, 0.1) is 19.6 Å². The van der Waals surface area contributed by atoms with E-state index in [1.165, 1.54) is 0 Å². The van der Waals surface area contributed by atoms with Crippen molar-refractivity contribution in [2.24, 2.45) is 0 Å². The first-order valence-corrected chi connectivity index (χ1v) is 11.4. The molecule has 4 rings (SSSR count). The summed E-state index contributed by atoms with van der Waals surface area (Å²) in [5, 5.41) is 10.2. The Bertz CT molecular complexity index is 1000. The molecule has 1 aliphatic heterocycles. The first kappa shape index (κ1) is 23.1. The van der Waals surface area contributed by atoms with Crippen LogP contribution in [-0.4, -0.2) is 66.3 Å². The van der Waals surface area contributed by atoms with Crippen LogP contribution in [0.1, 0.15) is 11.3 Å². The number of Topliss-reactive ketones (excluding diaryl/α,β-unsaturated/α-hetero) is 1. The Kier molecular flexibility index (Phi) is 8.19. The fraction of sp³-hybridized carbons (Fsp3) is 0.333. The van der Waals surface area contributed by atoms with E-state index in [1.54, 1.807) is 6.20 Å². The van der Waals surface area contributed by atoms with Gasteiger partial charge >= 0.3 is 0 Å². The van der Waals surface area contributed by atoms with Crippen LogP contribution in [-0.2, 0) is 22.4 Å². The number of nitrogens with zero attached hydrogens (tertiary/aromatic N) is 2. The van der Waals surface area contributed by atoms with Crippen LogP contribution >= 0.6 is 0 Å². The lowest BCUT2D eigenvalue weighted by Gasteiger charge is -2.26. The SMILES string of the molecule is O=C(Cc1ccc(-c2ccc(OCCN3CCOCC3)cc2)cn1)C(O)Cc1ccccc1. The zero-order valence-electron chi connectivity index (χ0n) is 18.7. The molecule has 0 spiro atoms. The van der Waals surface area contributed by atoms with Crippen molar-refractivity contribution in [3.8, 4) is 16.9 Å². The van der Waals surface area contributed by atoms with Gasteiger partial charge in [0.2, 0.25) is 0 Å². The molecule has 1 unspecified atom stereocenters. The van der Waals surface area contributed by atoms with Gasteiger partial charge in [0.25, 0.3) is 0 Å². The number of carbonyl (C=O) groups excluding carboxylic acids is 1. The van der Waals surface area contributed by atoms with Gasteiger partial charge in [-0.2, -0.15) is 0 Å². The van der Waals surface area contributed by atoms with Gasteiger partial charge < -0.3 is 14.6 Å². The predicted molar refractivity (Wildman–Crippen MR) is 127 cm³/mol. The van der Waals surface area contributed by atoms with Crippen LogP contribution in [0, 0.1) is 0 Å². The fourth-order valence-corrected chi connectivity index (χ4v) is 3.81. The van der Waals surface area contributed by atoms with Crippen molar-refractivity contribution in [3.63, 3.8) is 0 Å². The number of ketones is 1. The number of carbonyl (C=O) groups is 1. The Hall–Kier alpha value is -3.06. The molecule has 1 N–H and O–H groups in total. The summed E-state index contributed by atoms with van der Waals surface area (Å²) < 4.78 is 11.2. The molecular weight excluding hydrogens is 416 g/mol. The van der Waals surface area contributed by atoms with E-state index in [0.29, 0.717) is 18.7 Å². The van der Waals surface area contributed by atoms with Gasteiger partial charge in [0, 0.05) is 43.5 Å². The minimum Gasteiger partial charge on any atom is -0.492 e. The molecule has 1 atom stereocenters. The molecule has 1 aliphatic rings. The number of aliphatic hydroxyl groups excluding tert-OH is 1. The zero-order valence-corrected chi connectivity index (χ0v) is 18.7. The number of aliphatic hydroxyl groups is 1. The highest BCUT2D eigenvalue weighted by Gasteiger charge is 2.17. The van der Waals surface area contributed by atoms with Crippen LogP contribution in [0.3, 0.4) is 0 Å². The Balaban J connectivity index is 1.26. The number of pyridine rings is 1. The molecule has 2 heterocycles. The van der Waals surface area contributed by atoms with Gasteiger partial charge in [0.15, 0.2) is 5.78 Å². The van der Waals surface area contributed by atoms with Crippen molar-refractivity contribution in [1.29, 1.82) is 0 Å². The number of morpholine rings is 1. The van der Waals surface area contributed by atoms with Crippen molar-refractivity contribution in [2.75, 3.05) is 39.5 Å². The highest BCUT2D eigenvalue weighted by Crippen LogP contribution is 2.22. The molecule has 0 amide bonds. The van der Waals surface area contributed by atoms with Gasteiger partial charge in [-0.05, 0) is 29.3 Å². The summed E-state index contributed by atoms with van der Waals surface area (Å²) in [7, 11) is 0. The minimum atomic E-state index is -1.02. The molecule has 1 aromatic heterocycles. The third-order valence-corrected chi connectivity index (χ3v) is 5.79. The fourth-order valence-electron chi connectivity index (χ4n) is 3.81. The third kappa shape index (κ3) is 6.96. The molecule has 2 aromatic carbocycles. The summed E-state index contributed by atoms with van der Waals surface area (Å²) in [6.07, 6.45) is 1.17. The third-order valence-electron chi connectivity index (χ3n) is 5.79. The van der Waals surface area contributed by atoms with E-state index in [-0.39, 0.29) is 12.2 Å². The molecule has 0 radical (unpaired) electrons. The number of hydrogen-bond donors (Lipinski definition) is 1. The van der Waals surface area contributed by atoms with Crippen molar-refractivity contribution in [3.05, 3.63) is 84.2 Å². The Morgan fingerprint density at radius 1 is 1.00 bits per heavy atom. The Morgan fingerprint density at radius 2 is 1.73 bits per heavy atom. The van der Waals surface area contributed by atoms with Crippen molar-refractivity contribution in [2.45, 2.75) is 18.9 Å². The maximum atomic E-state index is 12.4. The van der Waals surface area contributed by atoms with E-state index in [4.69, 9.17) is 9.47 Å². The first-order chi connectivity index (χ1) is 16.2. The number of benzene rings is 2. The standard InChI is InChI=1S/C27H30N2O4/c30-26(18-21-4-2-1-3-5-21)27(31)19-24-9-6-23(20-28-24)22-7-10-25(11-8-22)33-17-14-29-12-15-32-16-13-29/h1-11,20,26,30H,12-19H2. The second-order valence-corrected chi connectivity index (χ2v) is 8.21. The van der Waals surface area contributed by atoms with E-state index in [9.17, 15) is 9.90 Å². The average molecular weight is 447 g/mol. The van der Waals surface area contributed by atoms with E-state index < -0.39 is 6.10 Å². The van der Waals surface area contributed by atoms with E-state index in [2.05, 4.69) is 9.88 Å². The lowest BCUT2D eigenvalue weighted by molar-refractivity contribution is -0.126. The van der Waals surface area contributed by atoms with Crippen LogP contribution in [0.25, 0.3) is 11.1 Å². The monoisotopic (exact) mass is 446 g/mol. The van der Waals surface area contributed by atoms with Crippen LogP contribution in [0.5, 0.6) is 5.75 Å². The van der Waals surface area contributed by atoms with Gasteiger partial charge in [-0.25, -0.2) is 0 Å². The quantitative estimate of drug-likeness (QED) is 0.516. The molecule has 6 nitrogen and oxygen atoms in total.